The van der Waals surface area contributed by atoms with Crippen molar-refractivity contribution in [2.75, 3.05) is 0 Å². The Bertz CT molecular complexity index is 2580. The summed E-state index contributed by atoms with van der Waals surface area (Å²) in [7, 11) is 0. The summed E-state index contributed by atoms with van der Waals surface area (Å²) >= 11 is 0. The second kappa shape index (κ2) is 10.4. The lowest BCUT2D eigenvalue weighted by Crippen LogP contribution is -1.97. The van der Waals surface area contributed by atoms with E-state index < -0.39 is 0 Å². The van der Waals surface area contributed by atoms with Gasteiger partial charge in [0.15, 0.2) is 0 Å². The molecule has 46 heavy (non-hydrogen) atoms. The Labute approximate surface area is 266 Å². The zero-order valence-corrected chi connectivity index (χ0v) is 24.9. The number of fused-ring (bicyclic) bond motifs is 6. The molecule has 9 rings (SSSR count). The molecule has 0 aliphatic heterocycles. The lowest BCUT2D eigenvalue weighted by atomic mass is 9.96. The minimum absolute atomic E-state index is 0.631. The van der Waals surface area contributed by atoms with Crippen molar-refractivity contribution < 1.29 is 0 Å². The summed E-state index contributed by atoms with van der Waals surface area (Å²) in [4.78, 5) is 4.01. The number of para-hydroxylation sites is 5. The van der Waals surface area contributed by atoms with Gasteiger partial charge in [0.1, 0.15) is 0 Å². The average Bonchev–Trinajstić information content (AvgIpc) is 3.65. The number of rotatable bonds is 4. The molecule has 0 unspecified atom stereocenters. The van der Waals surface area contributed by atoms with Crippen LogP contribution in [-0.4, -0.2) is 9.13 Å². The van der Waals surface area contributed by atoms with Gasteiger partial charge in [0.05, 0.1) is 34.3 Å². The highest BCUT2D eigenvalue weighted by molar-refractivity contribution is 6.16. The SMILES string of the molecule is [C-]#[N+]c1cccc(-c2ccc(-c3cccc4c3c3ccccc3n4-c3ccccc3)cc2)c1-n1c2ccccc2c2ccccc21. The largest absolute Gasteiger partial charge is 0.318 e. The lowest BCUT2D eigenvalue weighted by Gasteiger charge is -2.16. The van der Waals surface area contributed by atoms with Crippen molar-refractivity contribution in [2.45, 2.75) is 0 Å². The second-order valence-electron chi connectivity index (χ2n) is 11.6. The molecular formula is C43H27N3. The molecular weight excluding hydrogens is 558 g/mol. The summed E-state index contributed by atoms with van der Waals surface area (Å²) in [5.41, 5.74) is 11.7. The van der Waals surface area contributed by atoms with E-state index in [4.69, 9.17) is 6.57 Å². The van der Waals surface area contributed by atoms with Crippen LogP contribution in [0.3, 0.4) is 0 Å². The molecule has 0 N–H and O–H groups in total. The normalized spacial score (nSPS) is 11.5. The van der Waals surface area contributed by atoms with Crippen LogP contribution >= 0.6 is 0 Å². The Hall–Kier alpha value is -6.37. The molecule has 0 radical (unpaired) electrons. The fraction of sp³-hybridized carbons (Fsp3) is 0. The van der Waals surface area contributed by atoms with E-state index in [0.717, 1.165) is 39.1 Å². The summed E-state index contributed by atoms with van der Waals surface area (Å²) in [6, 6.07) is 57.7. The van der Waals surface area contributed by atoms with Crippen molar-refractivity contribution in [2.24, 2.45) is 0 Å². The van der Waals surface area contributed by atoms with E-state index in [-0.39, 0.29) is 0 Å². The van der Waals surface area contributed by atoms with Gasteiger partial charge in [-0.3, -0.25) is 0 Å². The van der Waals surface area contributed by atoms with Gasteiger partial charge in [-0.05, 0) is 58.7 Å². The predicted octanol–water partition coefficient (Wildman–Crippen LogP) is 11.8. The van der Waals surface area contributed by atoms with Crippen molar-refractivity contribution in [3.8, 4) is 33.6 Å². The van der Waals surface area contributed by atoms with Crippen molar-refractivity contribution in [3.63, 3.8) is 0 Å². The third-order valence-corrected chi connectivity index (χ3v) is 9.16. The first kappa shape index (κ1) is 26.1. The topological polar surface area (TPSA) is 14.2 Å². The van der Waals surface area contributed by atoms with Crippen LogP contribution < -0.4 is 0 Å². The van der Waals surface area contributed by atoms with Crippen molar-refractivity contribution in [1.82, 2.24) is 9.13 Å². The summed E-state index contributed by atoms with van der Waals surface area (Å²) in [5.74, 6) is 0. The molecule has 0 aliphatic carbocycles. The van der Waals surface area contributed by atoms with Crippen molar-refractivity contribution in [3.05, 3.63) is 175 Å². The second-order valence-corrected chi connectivity index (χ2v) is 11.6. The smallest absolute Gasteiger partial charge is 0.211 e. The number of aromatic nitrogens is 2. The number of hydrogen-bond donors (Lipinski definition) is 0. The van der Waals surface area contributed by atoms with Gasteiger partial charge in [-0.2, -0.15) is 0 Å². The van der Waals surface area contributed by atoms with E-state index in [1.165, 1.54) is 38.1 Å². The van der Waals surface area contributed by atoms with E-state index >= 15 is 0 Å². The van der Waals surface area contributed by atoms with Crippen LogP contribution in [0, 0.1) is 6.57 Å². The Kier molecular flexibility index (Phi) is 5.88. The van der Waals surface area contributed by atoms with Gasteiger partial charge in [-0.15, -0.1) is 0 Å². The van der Waals surface area contributed by atoms with Gasteiger partial charge < -0.3 is 9.13 Å². The molecule has 214 valence electrons. The fourth-order valence-corrected chi connectivity index (χ4v) is 7.20. The van der Waals surface area contributed by atoms with Crippen LogP contribution in [0.15, 0.2) is 164 Å². The van der Waals surface area contributed by atoms with Gasteiger partial charge in [0, 0.05) is 27.2 Å². The highest BCUT2D eigenvalue weighted by Crippen LogP contribution is 2.42. The molecule has 7 aromatic carbocycles. The molecule has 0 amide bonds. The van der Waals surface area contributed by atoms with Crippen LogP contribution in [0.1, 0.15) is 0 Å². The maximum absolute atomic E-state index is 8.13. The van der Waals surface area contributed by atoms with Crippen molar-refractivity contribution >= 4 is 49.3 Å². The van der Waals surface area contributed by atoms with Gasteiger partial charge in [0.2, 0.25) is 5.69 Å². The van der Waals surface area contributed by atoms with Crippen LogP contribution in [-0.2, 0) is 0 Å². The van der Waals surface area contributed by atoms with Crippen LogP contribution in [0.25, 0.3) is 82.1 Å². The maximum Gasteiger partial charge on any atom is 0.211 e. The van der Waals surface area contributed by atoms with Crippen LogP contribution in [0.4, 0.5) is 5.69 Å². The number of nitrogens with zero attached hydrogens (tertiary/aromatic N) is 3. The monoisotopic (exact) mass is 585 g/mol. The minimum Gasteiger partial charge on any atom is -0.318 e. The summed E-state index contributed by atoms with van der Waals surface area (Å²) in [5, 5.41) is 4.85. The fourth-order valence-electron chi connectivity index (χ4n) is 7.20. The van der Waals surface area contributed by atoms with E-state index in [1.54, 1.807) is 0 Å². The maximum atomic E-state index is 8.13. The standard InChI is InChI=1S/C43H27N3/c1-44-37-20-11-19-33(43(37)46-38-21-8-5-15-34(38)35-16-6-9-22-39(35)46)30-27-25-29(26-28-30)32-18-12-24-41-42(32)36-17-7-10-23-40(36)45(41)31-13-3-2-4-14-31/h2-28H. The molecule has 3 heteroatoms. The Morgan fingerprint density at radius 3 is 1.54 bits per heavy atom. The average molecular weight is 586 g/mol. The van der Waals surface area contributed by atoms with E-state index in [9.17, 15) is 0 Å². The first-order chi connectivity index (χ1) is 22.8. The Morgan fingerprint density at radius 2 is 0.891 bits per heavy atom. The molecule has 0 bridgehead atoms. The Morgan fingerprint density at radius 1 is 0.391 bits per heavy atom. The third-order valence-electron chi connectivity index (χ3n) is 9.16. The van der Waals surface area contributed by atoms with Gasteiger partial charge in [-0.25, -0.2) is 4.85 Å². The zero-order valence-electron chi connectivity index (χ0n) is 24.9. The lowest BCUT2D eigenvalue weighted by molar-refractivity contribution is 1.18. The molecule has 0 saturated carbocycles. The van der Waals surface area contributed by atoms with Gasteiger partial charge >= 0.3 is 0 Å². The minimum atomic E-state index is 0.631. The molecule has 2 heterocycles. The van der Waals surface area contributed by atoms with Crippen molar-refractivity contribution in [1.29, 1.82) is 0 Å². The van der Waals surface area contributed by atoms with E-state index in [2.05, 4.69) is 166 Å². The molecule has 0 saturated heterocycles. The van der Waals surface area contributed by atoms with Gasteiger partial charge in [-0.1, -0.05) is 127 Å². The van der Waals surface area contributed by atoms with E-state index in [1.807, 2.05) is 12.1 Å². The molecule has 0 aliphatic rings. The molecule has 0 spiro atoms. The Balaban J connectivity index is 1.24. The number of benzene rings is 7. The third kappa shape index (κ3) is 3.84. The summed E-state index contributed by atoms with van der Waals surface area (Å²) in [6.07, 6.45) is 0. The molecule has 0 atom stereocenters. The summed E-state index contributed by atoms with van der Waals surface area (Å²) < 4.78 is 4.62. The molecule has 9 aromatic rings. The predicted molar refractivity (Wildman–Crippen MR) is 192 cm³/mol. The van der Waals surface area contributed by atoms with Crippen LogP contribution in [0.2, 0.25) is 0 Å². The van der Waals surface area contributed by atoms with Crippen LogP contribution in [0.5, 0.6) is 0 Å². The molecule has 3 nitrogen and oxygen atoms in total. The summed E-state index contributed by atoms with van der Waals surface area (Å²) in [6.45, 7) is 8.13. The first-order valence-corrected chi connectivity index (χ1v) is 15.5. The molecule has 0 fully saturated rings. The van der Waals surface area contributed by atoms with Gasteiger partial charge in [0.25, 0.3) is 0 Å². The zero-order chi connectivity index (χ0) is 30.6. The first-order valence-electron chi connectivity index (χ1n) is 15.5. The highest BCUT2D eigenvalue weighted by atomic mass is 15.0. The quantitative estimate of drug-likeness (QED) is 0.182. The van der Waals surface area contributed by atoms with E-state index in [0.29, 0.717) is 5.69 Å². The highest BCUT2D eigenvalue weighted by Gasteiger charge is 2.19. The molecule has 2 aromatic heterocycles. The number of hydrogen-bond acceptors (Lipinski definition) is 0.